The molecular weight excluding hydrogens is 326 g/mol. The van der Waals surface area contributed by atoms with Gasteiger partial charge < -0.3 is 15.8 Å². The van der Waals surface area contributed by atoms with Crippen LogP contribution in [0.25, 0.3) is 11.4 Å². The number of hydrogen-bond acceptors (Lipinski definition) is 4. The Morgan fingerprint density at radius 3 is 2.75 bits per heavy atom. The van der Waals surface area contributed by atoms with E-state index in [0.29, 0.717) is 11.4 Å². The van der Waals surface area contributed by atoms with Gasteiger partial charge in [-0.05, 0) is 24.6 Å². The van der Waals surface area contributed by atoms with Gasteiger partial charge in [-0.3, -0.25) is 9.59 Å². The monoisotopic (exact) mass is 337 g/mol. The van der Waals surface area contributed by atoms with Crippen LogP contribution in [0.3, 0.4) is 0 Å². The lowest BCUT2D eigenvalue weighted by atomic mass is 10.1. The largest absolute Gasteiger partial charge is 0.481 e. The Labute approximate surface area is 122 Å². The minimum atomic E-state index is -1.13. The zero-order valence-corrected chi connectivity index (χ0v) is 12.2. The molecule has 104 valence electrons. The molecule has 0 spiro atoms. The number of aromatic amines is 1. The summed E-state index contributed by atoms with van der Waals surface area (Å²) in [5.41, 5.74) is 6.84. The van der Waals surface area contributed by atoms with E-state index in [-0.39, 0.29) is 11.4 Å². The number of anilines is 1. The van der Waals surface area contributed by atoms with E-state index in [1.807, 2.05) is 19.1 Å². The number of carbonyl (C=O) groups is 1. The number of carboxylic acid groups (broad SMARTS) is 1. The van der Waals surface area contributed by atoms with E-state index in [0.717, 1.165) is 10.0 Å². The number of halogens is 1. The van der Waals surface area contributed by atoms with Crippen LogP contribution in [0.15, 0.2) is 27.5 Å². The first-order valence-electron chi connectivity index (χ1n) is 5.75. The highest BCUT2D eigenvalue weighted by atomic mass is 79.9. The minimum absolute atomic E-state index is 0.0375. The van der Waals surface area contributed by atoms with Crippen molar-refractivity contribution in [3.63, 3.8) is 0 Å². The van der Waals surface area contributed by atoms with E-state index in [1.54, 1.807) is 6.07 Å². The number of nitrogens with zero attached hydrogens (tertiary/aromatic N) is 1. The second-order valence-corrected chi connectivity index (χ2v) is 5.19. The van der Waals surface area contributed by atoms with Gasteiger partial charge in [0.2, 0.25) is 0 Å². The summed E-state index contributed by atoms with van der Waals surface area (Å²) in [5, 5.41) is 8.73. The lowest BCUT2D eigenvalue weighted by molar-refractivity contribution is -0.136. The Kier molecular flexibility index (Phi) is 3.89. The molecule has 0 saturated carbocycles. The predicted molar refractivity (Wildman–Crippen MR) is 78.5 cm³/mol. The van der Waals surface area contributed by atoms with Crippen LogP contribution in [-0.2, 0) is 11.2 Å². The van der Waals surface area contributed by atoms with Gasteiger partial charge in [-0.2, -0.15) is 0 Å². The third kappa shape index (κ3) is 2.88. The van der Waals surface area contributed by atoms with Gasteiger partial charge in [0.1, 0.15) is 11.6 Å². The molecule has 7 heteroatoms. The maximum atomic E-state index is 11.9. The van der Waals surface area contributed by atoms with Crippen molar-refractivity contribution in [3.8, 4) is 11.4 Å². The van der Waals surface area contributed by atoms with E-state index < -0.39 is 17.9 Å². The fourth-order valence-corrected chi connectivity index (χ4v) is 2.46. The minimum Gasteiger partial charge on any atom is -0.481 e. The fourth-order valence-electron chi connectivity index (χ4n) is 1.78. The highest BCUT2D eigenvalue weighted by Gasteiger charge is 2.14. The van der Waals surface area contributed by atoms with Gasteiger partial charge in [0.15, 0.2) is 0 Å². The molecule has 6 nitrogen and oxygen atoms in total. The molecule has 4 N–H and O–H groups in total. The SMILES string of the molecule is Cc1ccc(-c2nc(N)c(CC(=O)O)c(=O)[nH]2)c(Br)c1. The van der Waals surface area contributed by atoms with Crippen molar-refractivity contribution in [1.29, 1.82) is 0 Å². The number of hydrogen-bond donors (Lipinski definition) is 3. The van der Waals surface area contributed by atoms with Gasteiger partial charge in [0, 0.05) is 10.0 Å². The van der Waals surface area contributed by atoms with Crippen LogP contribution < -0.4 is 11.3 Å². The lowest BCUT2D eigenvalue weighted by Gasteiger charge is -2.08. The Hall–Kier alpha value is -2.15. The number of aromatic nitrogens is 2. The molecule has 20 heavy (non-hydrogen) atoms. The summed E-state index contributed by atoms with van der Waals surface area (Å²) < 4.78 is 0.769. The summed E-state index contributed by atoms with van der Waals surface area (Å²) in [7, 11) is 0. The summed E-state index contributed by atoms with van der Waals surface area (Å²) in [6.07, 6.45) is -0.455. The van der Waals surface area contributed by atoms with Crippen LogP contribution in [-0.4, -0.2) is 21.0 Å². The highest BCUT2D eigenvalue weighted by Crippen LogP contribution is 2.26. The lowest BCUT2D eigenvalue weighted by Crippen LogP contribution is -2.21. The number of nitrogen functional groups attached to an aromatic ring is 1. The van der Waals surface area contributed by atoms with E-state index in [4.69, 9.17) is 10.8 Å². The summed E-state index contributed by atoms with van der Waals surface area (Å²) in [6.45, 7) is 1.94. The molecule has 0 fully saturated rings. The van der Waals surface area contributed by atoms with Gasteiger partial charge >= 0.3 is 5.97 Å². The fraction of sp³-hybridized carbons (Fsp3) is 0.154. The number of aryl methyl sites for hydroxylation is 1. The van der Waals surface area contributed by atoms with Crippen molar-refractivity contribution >= 4 is 27.7 Å². The molecule has 0 bridgehead atoms. The van der Waals surface area contributed by atoms with Crippen LogP contribution in [0, 0.1) is 6.92 Å². The smallest absolute Gasteiger partial charge is 0.308 e. The molecular formula is C13H12BrN3O3. The van der Waals surface area contributed by atoms with E-state index in [1.165, 1.54) is 0 Å². The van der Waals surface area contributed by atoms with Gasteiger partial charge in [0.05, 0.1) is 12.0 Å². The molecule has 0 saturated heterocycles. The number of aliphatic carboxylic acids is 1. The Morgan fingerprint density at radius 2 is 2.20 bits per heavy atom. The van der Waals surface area contributed by atoms with Gasteiger partial charge in [0.25, 0.3) is 5.56 Å². The molecule has 1 aromatic carbocycles. The first-order chi connectivity index (χ1) is 9.38. The van der Waals surface area contributed by atoms with Crippen molar-refractivity contribution in [3.05, 3.63) is 44.2 Å². The van der Waals surface area contributed by atoms with Crippen molar-refractivity contribution in [2.24, 2.45) is 0 Å². The maximum Gasteiger partial charge on any atom is 0.308 e. The van der Waals surface area contributed by atoms with Crippen molar-refractivity contribution in [2.75, 3.05) is 5.73 Å². The number of nitrogens with two attached hydrogens (primary N) is 1. The normalized spacial score (nSPS) is 10.5. The molecule has 2 aromatic rings. The molecule has 0 unspecified atom stereocenters. The van der Waals surface area contributed by atoms with Crippen LogP contribution >= 0.6 is 15.9 Å². The van der Waals surface area contributed by atoms with Crippen LogP contribution in [0.5, 0.6) is 0 Å². The summed E-state index contributed by atoms with van der Waals surface area (Å²) in [6, 6.07) is 5.56. The number of benzene rings is 1. The molecule has 0 amide bonds. The number of H-pyrrole nitrogens is 1. The number of carboxylic acids is 1. The number of nitrogens with one attached hydrogen (secondary N) is 1. The van der Waals surface area contributed by atoms with Crippen molar-refractivity contribution in [1.82, 2.24) is 9.97 Å². The van der Waals surface area contributed by atoms with Gasteiger partial charge in [-0.1, -0.05) is 22.0 Å². The quantitative estimate of drug-likeness (QED) is 0.789. The third-order valence-corrected chi connectivity index (χ3v) is 3.41. The van der Waals surface area contributed by atoms with Gasteiger partial charge in [-0.15, -0.1) is 0 Å². The second-order valence-electron chi connectivity index (χ2n) is 4.33. The molecule has 1 aromatic heterocycles. The van der Waals surface area contributed by atoms with E-state index >= 15 is 0 Å². The van der Waals surface area contributed by atoms with Crippen LogP contribution in [0.4, 0.5) is 5.82 Å². The summed E-state index contributed by atoms with van der Waals surface area (Å²) in [5.74, 6) is -0.902. The van der Waals surface area contributed by atoms with E-state index in [2.05, 4.69) is 25.9 Å². The molecule has 0 aliphatic rings. The summed E-state index contributed by atoms with van der Waals surface area (Å²) >= 11 is 3.39. The van der Waals surface area contributed by atoms with Crippen LogP contribution in [0.1, 0.15) is 11.1 Å². The standard InChI is InChI=1S/C13H12BrN3O3/c1-6-2-3-7(9(14)4-6)12-16-11(15)8(5-10(18)19)13(20)17-12/h2-4H,5H2,1H3,(H,18,19)(H3,15,16,17,20). The van der Waals surface area contributed by atoms with Crippen LogP contribution in [0.2, 0.25) is 0 Å². The molecule has 2 rings (SSSR count). The van der Waals surface area contributed by atoms with Crippen molar-refractivity contribution in [2.45, 2.75) is 13.3 Å². The average molecular weight is 338 g/mol. The summed E-state index contributed by atoms with van der Waals surface area (Å²) in [4.78, 5) is 29.2. The van der Waals surface area contributed by atoms with E-state index in [9.17, 15) is 9.59 Å². The third-order valence-electron chi connectivity index (χ3n) is 2.76. The second kappa shape index (κ2) is 5.46. The molecule has 0 radical (unpaired) electrons. The first-order valence-corrected chi connectivity index (χ1v) is 6.54. The Morgan fingerprint density at radius 1 is 1.50 bits per heavy atom. The molecule has 0 aliphatic heterocycles. The zero-order valence-electron chi connectivity index (χ0n) is 10.6. The average Bonchev–Trinajstić information content (AvgIpc) is 2.33. The van der Waals surface area contributed by atoms with Crippen molar-refractivity contribution < 1.29 is 9.90 Å². The number of rotatable bonds is 3. The Bertz CT molecular complexity index is 740. The first kappa shape index (κ1) is 14.3. The molecule has 0 aliphatic carbocycles. The molecule has 0 atom stereocenters. The molecule has 1 heterocycles. The zero-order chi connectivity index (χ0) is 14.9. The Balaban J connectivity index is 2.55. The predicted octanol–water partition coefficient (Wildman–Crippen LogP) is 1.72. The topological polar surface area (TPSA) is 109 Å². The maximum absolute atomic E-state index is 11.9. The highest BCUT2D eigenvalue weighted by molar-refractivity contribution is 9.10. The van der Waals surface area contributed by atoms with Gasteiger partial charge in [-0.25, -0.2) is 4.98 Å².